The topological polar surface area (TPSA) is 81.7 Å². The van der Waals surface area contributed by atoms with E-state index in [1.165, 1.54) is 36.4 Å². The molecular weight excluding hydrogens is 472 g/mol. The van der Waals surface area contributed by atoms with Crippen molar-refractivity contribution in [1.82, 2.24) is 4.72 Å². The first-order chi connectivity index (χ1) is 14.7. The fraction of sp³-hybridized carbons (Fsp3) is 0.150. The predicted octanol–water partition coefficient (Wildman–Crippen LogP) is 4.88. The molecule has 0 fully saturated rings. The maximum atomic E-state index is 12.6. The third kappa shape index (κ3) is 6.47. The highest BCUT2D eigenvalue weighted by atomic mass is 35.5. The summed E-state index contributed by atoms with van der Waals surface area (Å²) in [5, 5.41) is 0. The van der Waals surface area contributed by atoms with Gasteiger partial charge in [-0.25, -0.2) is 17.9 Å². The van der Waals surface area contributed by atoms with Gasteiger partial charge in [-0.1, -0.05) is 41.9 Å². The smallest absolute Gasteiger partial charge is 0.387 e. The van der Waals surface area contributed by atoms with Crippen LogP contribution in [0.15, 0.2) is 70.9 Å². The number of thiophene rings is 1. The number of halogens is 3. The van der Waals surface area contributed by atoms with Crippen LogP contribution in [0.5, 0.6) is 5.75 Å². The molecule has 164 valence electrons. The van der Waals surface area contributed by atoms with E-state index in [9.17, 15) is 22.0 Å². The first-order valence-corrected chi connectivity index (χ1v) is 11.5. The molecule has 0 aliphatic heterocycles. The number of alkyl halides is 2. The fourth-order valence-corrected chi connectivity index (χ4v) is 5.12. The molecule has 3 aromatic rings. The molecule has 6 nitrogen and oxygen atoms in total. The molecule has 31 heavy (non-hydrogen) atoms. The van der Waals surface area contributed by atoms with Gasteiger partial charge in [0, 0.05) is 0 Å². The SMILES string of the molecule is O=C(O[C@@H](CNS(=O)(=O)c1ccc(Cl)s1)c1ccccc1)c1ccc(OC(F)F)cc1. The number of carbonyl (C=O) groups excluding carboxylic acids is 1. The van der Waals surface area contributed by atoms with Gasteiger partial charge in [0.15, 0.2) is 0 Å². The number of benzene rings is 2. The van der Waals surface area contributed by atoms with Crippen LogP contribution in [-0.4, -0.2) is 27.5 Å². The van der Waals surface area contributed by atoms with Gasteiger partial charge >= 0.3 is 12.6 Å². The Kier molecular flexibility index (Phi) is 7.60. The van der Waals surface area contributed by atoms with Crippen molar-refractivity contribution in [2.24, 2.45) is 0 Å². The minimum atomic E-state index is -3.85. The maximum Gasteiger partial charge on any atom is 0.387 e. The van der Waals surface area contributed by atoms with Gasteiger partial charge in [-0.2, -0.15) is 8.78 Å². The van der Waals surface area contributed by atoms with Gasteiger partial charge in [0.1, 0.15) is 16.1 Å². The van der Waals surface area contributed by atoms with Gasteiger partial charge in [0.05, 0.1) is 16.4 Å². The Morgan fingerprint density at radius 1 is 1.03 bits per heavy atom. The average molecular weight is 488 g/mol. The van der Waals surface area contributed by atoms with Gasteiger partial charge in [-0.15, -0.1) is 11.3 Å². The lowest BCUT2D eigenvalue weighted by Crippen LogP contribution is -2.30. The fourth-order valence-electron chi connectivity index (χ4n) is 2.56. The number of ether oxygens (including phenoxy) is 2. The first kappa shape index (κ1) is 23.1. The molecular formula is C20H16ClF2NO5S2. The van der Waals surface area contributed by atoms with Gasteiger partial charge in [0.25, 0.3) is 0 Å². The van der Waals surface area contributed by atoms with Crippen LogP contribution < -0.4 is 9.46 Å². The van der Waals surface area contributed by atoms with Crippen LogP contribution in [0.1, 0.15) is 22.0 Å². The van der Waals surface area contributed by atoms with Crippen molar-refractivity contribution in [3.05, 3.63) is 82.2 Å². The van der Waals surface area contributed by atoms with Crippen LogP contribution in [0.4, 0.5) is 8.78 Å². The first-order valence-electron chi connectivity index (χ1n) is 8.80. The van der Waals surface area contributed by atoms with E-state index < -0.39 is 28.7 Å². The predicted molar refractivity (Wildman–Crippen MR) is 112 cm³/mol. The zero-order valence-electron chi connectivity index (χ0n) is 15.7. The molecule has 0 bridgehead atoms. The van der Waals surface area contributed by atoms with Crippen LogP contribution in [-0.2, 0) is 14.8 Å². The second-order valence-corrected chi connectivity index (χ2v) is 9.83. The highest BCUT2D eigenvalue weighted by molar-refractivity contribution is 7.91. The Morgan fingerprint density at radius 3 is 2.29 bits per heavy atom. The second-order valence-electron chi connectivity index (χ2n) is 6.12. The molecule has 1 heterocycles. The zero-order valence-corrected chi connectivity index (χ0v) is 18.1. The Labute approximate surface area is 186 Å². The minimum Gasteiger partial charge on any atom is -0.452 e. The van der Waals surface area contributed by atoms with Crippen LogP contribution in [0.25, 0.3) is 0 Å². The number of esters is 1. The van der Waals surface area contributed by atoms with Crippen LogP contribution in [0.2, 0.25) is 4.34 Å². The second kappa shape index (κ2) is 10.2. The Hall–Kier alpha value is -2.53. The van der Waals surface area contributed by atoms with Crippen LogP contribution in [0, 0.1) is 0 Å². The zero-order chi connectivity index (χ0) is 22.4. The van der Waals surface area contributed by atoms with Gasteiger partial charge in [0.2, 0.25) is 10.0 Å². The van der Waals surface area contributed by atoms with Crippen molar-refractivity contribution in [3.63, 3.8) is 0 Å². The third-order valence-electron chi connectivity index (χ3n) is 4.01. The molecule has 11 heteroatoms. The summed E-state index contributed by atoms with van der Waals surface area (Å²) < 4.78 is 62.0. The number of sulfonamides is 1. The molecule has 1 N–H and O–H groups in total. The summed E-state index contributed by atoms with van der Waals surface area (Å²) in [7, 11) is -3.85. The summed E-state index contributed by atoms with van der Waals surface area (Å²) in [5.41, 5.74) is 0.663. The largest absolute Gasteiger partial charge is 0.452 e. The highest BCUT2D eigenvalue weighted by Gasteiger charge is 2.23. The monoisotopic (exact) mass is 487 g/mol. The van der Waals surface area contributed by atoms with Crippen LogP contribution >= 0.6 is 22.9 Å². The standard InChI is InChI=1S/C20H16ClF2NO5S2/c21-17-10-11-18(30-17)31(26,27)24-12-16(13-4-2-1-3-5-13)29-19(25)14-6-8-15(9-7-14)28-20(22)23/h1-11,16,20,24H,12H2/t16-/m0/s1. The Balaban J connectivity index is 1.74. The van der Waals surface area contributed by atoms with Crippen molar-refractivity contribution in [2.45, 2.75) is 16.9 Å². The minimum absolute atomic E-state index is 0.0326. The van der Waals surface area contributed by atoms with E-state index >= 15 is 0 Å². The quantitative estimate of drug-likeness (QED) is 0.435. The third-order valence-corrected chi connectivity index (χ3v) is 7.15. The molecule has 0 saturated carbocycles. The summed E-state index contributed by atoms with van der Waals surface area (Å²) in [6.45, 7) is -3.20. The number of hydrogen-bond acceptors (Lipinski definition) is 6. The lowest BCUT2D eigenvalue weighted by atomic mass is 10.1. The Morgan fingerprint density at radius 2 is 1.71 bits per heavy atom. The van der Waals surface area contributed by atoms with Crippen molar-refractivity contribution in [1.29, 1.82) is 0 Å². The molecule has 2 aromatic carbocycles. The summed E-state index contributed by atoms with van der Waals surface area (Å²) in [6, 6.07) is 16.4. The van der Waals surface area contributed by atoms with Gasteiger partial charge in [-0.3, -0.25) is 0 Å². The maximum absolute atomic E-state index is 12.6. The molecule has 0 radical (unpaired) electrons. The van der Waals surface area contributed by atoms with E-state index in [1.54, 1.807) is 30.3 Å². The molecule has 3 rings (SSSR count). The van der Waals surface area contributed by atoms with E-state index in [0.29, 0.717) is 9.90 Å². The highest BCUT2D eigenvalue weighted by Crippen LogP contribution is 2.26. The van der Waals surface area contributed by atoms with Crippen molar-refractivity contribution in [3.8, 4) is 5.75 Å². The number of nitrogens with one attached hydrogen (secondary N) is 1. The van der Waals surface area contributed by atoms with Gasteiger partial charge < -0.3 is 9.47 Å². The molecule has 1 aromatic heterocycles. The van der Waals surface area contributed by atoms with Crippen LogP contribution in [0.3, 0.4) is 0 Å². The summed E-state index contributed by atoms with van der Waals surface area (Å²) in [4.78, 5) is 12.6. The average Bonchev–Trinajstić information content (AvgIpc) is 3.19. The molecule has 1 atom stereocenters. The van der Waals surface area contributed by atoms with Crippen molar-refractivity contribution in [2.75, 3.05) is 6.54 Å². The summed E-state index contributed by atoms with van der Waals surface area (Å²) >= 11 is 6.71. The van der Waals surface area contributed by atoms with E-state index in [2.05, 4.69) is 9.46 Å². The molecule has 0 unspecified atom stereocenters. The molecule has 0 aliphatic rings. The van der Waals surface area contributed by atoms with E-state index in [0.717, 1.165) is 11.3 Å². The van der Waals surface area contributed by atoms with E-state index in [1.807, 2.05) is 0 Å². The lowest BCUT2D eigenvalue weighted by molar-refractivity contribution is -0.0498. The van der Waals surface area contributed by atoms with Crippen molar-refractivity contribution >= 4 is 38.9 Å². The Bertz CT molecular complexity index is 1120. The molecule has 0 amide bonds. The molecule has 0 saturated heterocycles. The lowest BCUT2D eigenvalue weighted by Gasteiger charge is -2.19. The summed E-state index contributed by atoms with van der Waals surface area (Å²) in [5.74, 6) is -0.857. The van der Waals surface area contributed by atoms with Gasteiger partial charge in [-0.05, 0) is 42.0 Å². The summed E-state index contributed by atoms with van der Waals surface area (Å²) in [6.07, 6.45) is -0.934. The molecule has 0 spiro atoms. The van der Waals surface area contributed by atoms with Crippen molar-refractivity contribution < 1.29 is 31.5 Å². The molecule has 0 aliphatic carbocycles. The van der Waals surface area contributed by atoms with E-state index in [-0.39, 0.29) is 22.1 Å². The normalized spacial score (nSPS) is 12.5. The van der Waals surface area contributed by atoms with E-state index in [4.69, 9.17) is 16.3 Å². The number of rotatable bonds is 9. The number of carbonyl (C=O) groups is 1. The number of hydrogen-bond donors (Lipinski definition) is 1.